The molecule has 0 amide bonds. The highest BCUT2D eigenvalue weighted by Crippen LogP contribution is 2.34. The fourth-order valence-corrected chi connectivity index (χ4v) is 3.87. The molecule has 1 fully saturated rings. The number of carboxylic acid groups (broad SMARTS) is 1. The summed E-state index contributed by atoms with van der Waals surface area (Å²) in [5.41, 5.74) is 1.59. The molecule has 26 heavy (non-hydrogen) atoms. The van der Waals surface area contributed by atoms with E-state index in [9.17, 15) is 9.90 Å². The predicted octanol–water partition coefficient (Wildman–Crippen LogP) is 3.77. The maximum Gasteiger partial charge on any atom is 0.356 e. The second-order valence-electron chi connectivity index (χ2n) is 6.88. The lowest BCUT2D eigenvalue weighted by Gasteiger charge is -2.29. The molecule has 1 saturated carbocycles. The topological polar surface area (TPSA) is 73.6 Å². The van der Waals surface area contributed by atoms with E-state index in [0.717, 1.165) is 37.8 Å². The summed E-state index contributed by atoms with van der Waals surface area (Å²) < 4.78 is 13.0. The van der Waals surface area contributed by atoms with E-state index in [0.29, 0.717) is 23.2 Å². The number of hydrogen-bond donors (Lipinski definition) is 1. The average molecular weight is 358 g/mol. The number of rotatable bonds is 6. The van der Waals surface area contributed by atoms with Crippen LogP contribution in [0.25, 0.3) is 11.4 Å². The van der Waals surface area contributed by atoms with E-state index in [4.69, 9.17) is 9.47 Å². The first-order valence-electron chi connectivity index (χ1n) is 9.01. The Morgan fingerprint density at radius 1 is 1.31 bits per heavy atom. The molecular weight excluding hydrogens is 332 g/mol. The van der Waals surface area contributed by atoms with Crippen LogP contribution in [0.5, 0.6) is 5.75 Å². The molecule has 1 aliphatic carbocycles. The Bertz CT molecular complexity index is 784. The van der Waals surface area contributed by atoms with E-state index in [1.807, 2.05) is 35.8 Å². The smallest absolute Gasteiger partial charge is 0.356 e. The van der Waals surface area contributed by atoms with Gasteiger partial charge in [-0.3, -0.25) is 0 Å². The van der Waals surface area contributed by atoms with Gasteiger partial charge in [-0.15, -0.1) is 0 Å². The molecule has 0 aliphatic heterocycles. The lowest BCUT2D eigenvalue weighted by atomic mass is 9.87. The Hall–Kier alpha value is -2.34. The second kappa shape index (κ2) is 7.91. The minimum absolute atomic E-state index is 0.102. The number of carbonyl (C=O) groups is 1. The predicted molar refractivity (Wildman–Crippen MR) is 98.7 cm³/mol. The second-order valence-corrected chi connectivity index (χ2v) is 6.88. The van der Waals surface area contributed by atoms with Gasteiger partial charge in [-0.25, -0.2) is 9.78 Å². The number of para-hydroxylation sites is 1. The molecular formula is C20H26N2O4. The summed E-state index contributed by atoms with van der Waals surface area (Å²) in [6.07, 6.45) is 4.61. The van der Waals surface area contributed by atoms with Crippen molar-refractivity contribution in [3.63, 3.8) is 0 Å². The molecule has 3 rings (SSSR count). The van der Waals surface area contributed by atoms with Crippen LogP contribution in [0.1, 0.15) is 41.9 Å². The first-order valence-corrected chi connectivity index (χ1v) is 9.01. The van der Waals surface area contributed by atoms with Crippen LogP contribution >= 0.6 is 0 Å². The number of nitrogens with zero attached hydrogens (tertiary/aromatic N) is 2. The Kier molecular flexibility index (Phi) is 5.61. The van der Waals surface area contributed by atoms with Crippen molar-refractivity contribution in [2.45, 2.75) is 45.3 Å². The van der Waals surface area contributed by atoms with Crippen molar-refractivity contribution in [3.05, 3.63) is 35.7 Å². The zero-order chi connectivity index (χ0) is 18.7. The third kappa shape index (κ3) is 3.60. The van der Waals surface area contributed by atoms with Gasteiger partial charge in [0, 0.05) is 19.3 Å². The minimum atomic E-state index is -1.00. The molecule has 2 unspecified atom stereocenters. The van der Waals surface area contributed by atoms with Crippen molar-refractivity contribution in [2.75, 3.05) is 14.2 Å². The van der Waals surface area contributed by atoms with Crippen LogP contribution < -0.4 is 4.74 Å². The van der Waals surface area contributed by atoms with E-state index in [2.05, 4.69) is 4.98 Å². The summed E-state index contributed by atoms with van der Waals surface area (Å²) >= 11 is 0. The molecule has 1 aromatic heterocycles. The molecule has 2 aromatic rings. The van der Waals surface area contributed by atoms with Crippen LogP contribution in [0.3, 0.4) is 0 Å². The Balaban J connectivity index is 2.01. The third-order valence-electron chi connectivity index (χ3n) is 5.28. The maximum absolute atomic E-state index is 11.6. The summed E-state index contributed by atoms with van der Waals surface area (Å²) in [6, 6.07) is 7.59. The van der Waals surface area contributed by atoms with Crippen LogP contribution in [0.2, 0.25) is 0 Å². The minimum Gasteiger partial charge on any atom is -0.496 e. The van der Waals surface area contributed by atoms with Gasteiger partial charge in [0.25, 0.3) is 0 Å². The summed E-state index contributed by atoms with van der Waals surface area (Å²) in [5, 5.41) is 9.54. The number of aromatic nitrogens is 2. The van der Waals surface area contributed by atoms with Crippen molar-refractivity contribution in [3.8, 4) is 17.1 Å². The molecule has 0 spiro atoms. The zero-order valence-electron chi connectivity index (χ0n) is 15.6. The molecule has 1 aliphatic rings. The van der Waals surface area contributed by atoms with E-state index in [1.54, 1.807) is 14.2 Å². The summed E-state index contributed by atoms with van der Waals surface area (Å²) in [7, 11) is 3.37. The molecule has 2 atom stereocenters. The quantitative estimate of drug-likeness (QED) is 0.851. The van der Waals surface area contributed by atoms with Gasteiger partial charge in [0.2, 0.25) is 0 Å². The van der Waals surface area contributed by atoms with Gasteiger partial charge in [-0.05, 0) is 44.2 Å². The van der Waals surface area contributed by atoms with Gasteiger partial charge in [0.15, 0.2) is 5.69 Å². The van der Waals surface area contributed by atoms with Crippen LogP contribution in [0, 0.1) is 12.8 Å². The average Bonchev–Trinajstić information content (AvgIpc) is 2.98. The summed E-state index contributed by atoms with van der Waals surface area (Å²) in [6.45, 7) is 2.56. The van der Waals surface area contributed by atoms with Crippen LogP contribution in [0.15, 0.2) is 24.3 Å². The molecule has 140 valence electrons. The van der Waals surface area contributed by atoms with Crippen molar-refractivity contribution in [1.82, 2.24) is 9.55 Å². The van der Waals surface area contributed by atoms with Gasteiger partial charge < -0.3 is 19.1 Å². The fraction of sp³-hybridized carbons (Fsp3) is 0.500. The number of imidazole rings is 1. The van der Waals surface area contributed by atoms with Crippen LogP contribution in [-0.2, 0) is 11.3 Å². The summed E-state index contributed by atoms with van der Waals surface area (Å²) in [4.78, 5) is 16.1. The first kappa shape index (κ1) is 18.5. The number of aromatic carboxylic acids is 1. The SMILES string of the molecule is COc1ccccc1-c1nc(C(=O)O)c(C)n1CC1CCCC(OC)C1. The van der Waals surface area contributed by atoms with E-state index >= 15 is 0 Å². The van der Waals surface area contributed by atoms with Crippen LogP contribution in [-0.4, -0.2) is 41.0 Å². The highest BCUT2D eigenvalue weighted by Gasteiger charge is 2.27. The Labute approximate surface area is 153 Å². The number of methoxy groups -OCH3 is 2. The Morgan fingerprint density at radius 2 is 2.08 bits per heavy atom. The molecule has 1 aromatic carbocycles. The Morgan fingerprint density at radius 3 is 2.77 bits per heavy atom. The van der Waals surface area contributed by atoms with Crippen molar-refractivity contribution in [2.24, 2.45) is 5.92 Å². The van der Waals surface area contributed by atoms with Crippen molar-refractivity contribution < 1.29 is 19.4 Å². The van der Waals surface area contributed by atoms with Gasteiger partial charge in [-0.1, -0.05) is 18.6 Å². The van der Waals surface area contributed by atoms with Gasteiger partial charge >= 0.3 is 5.97 Å². The van der Waals surface area contributed by atoms with Crippen LogP contribution in [0.4, 0.5) is 0 Å². The van der Waals surface area contributed by atoms with Crippen molar-refractivity contribution in [1.29, 1.82) is 0 Å². The summed E-state index contributed by atoms with van der Waals surface area (Å²) in [5.74, 6) is 0.776. The van der Waals surface area contributed by atoms with E-state index < -0.39 is 5.97 Å². The number of ether oxygens (including phenoxy) is 2. The molecule has 0 bridgehead atoms. The maximum atomic E-state index is 11.6. The molecule has 6 heteroatoms. The van der Waals surface area contributed by atoms with Gasteiger partial charge in [-0.2, -0.15) is 0 Å². The molecule has 1 heterocycles. The monoisotopic (exact) mass is 358 g/mol. The number of benzene rings is 1. The highest BCUT2D eigenvalue weighted by atomic mass is 16.5. The molecule has 0 saturated heterocycles. The van der Waals surface area contributed by atoms with Gasteiger partial charge in [0.1, 0.15) is 11.6 Å². The number of carboxylic acids is 1. The lowest BCUT2D eigenvalue weighted by molar-refractivity contribution is 0.0471. The first-order chi connectivity index (χ1) is 12.5. The lowest BCUT2D eigenvalue weighted by Crippen LogP contribution is -2.25. The zero-order valence-corrected chi connectivity index (χ0v) is 15.6. The number of hydrogen-bond acceptors (Lipinski definition) is 4. The fourth-order valence-electron chi connectivity index (χ4n) is 3.87. The molecule has 6 nitrogen and oxygen atoms in total. The van der Waals surface area contributed by atoms with Gasteiger partial charge in [0.05, 0.1) is 18.8 Å². The van der Waals surface area contributed by atoms with E-state index in [1.165, 1.54) is 0 Å². The van der Waals surface area contributed by atoms with Crippen molar-refractivity contribution >= 4 is 5.97 Å². The largest absolute Gasteiger partial charge is 0.496 e. The standard InChI is InChI=1S/C20H26N2O4/c1-13-18(20(23)24)21-19(16-9-4-5-10-17(16)26-3)22(13)12-14-7-6-8-15(11-14)25-2/h4-5,9-10,14-15H,6-8,11-12H2,1-3H3,(H,23,24). The molecule has 1 N–H and O–H groups in total. The molecule has 0 radical (unpaired) electrons. The third-order valence-corrected chi connectivity index (χ3v) is 5.28. The highest BCUT2D eigenvalue weighted by molar-refractivity contribution is 5.88. The normalized spacial score (nSPS) is 20.1. The van der Waals surface area contributed by atoms with E-state index in [-0.39, 0.29) is 11.8 Å².